The second kappa shape index (κ2) is 7.24. The van der Waals surface area contributed by atoms with E-state index in [0.29, 0.717) is 6.54 Å². The van der Waals surface area contributed by atoms with Crippen LogP contribution in [0.3, 0.4) is 0 Å². The third-order valence-corrected chi connectivity index (χ3v) is 3.23. The maximum Gasteiger partial charge on any atom is 0.132 e. The molecule has 2 rings (SSSR count). The maximum atomic E-state index is 5.22. The smallest absolute Gasteiger partial charge is 0.132 e. The molecule has 106 valence electrons. The molecule has 0 saturated heterocycles. The Hall–Kier alpha value is -1.62. The summed E-state index contributed by atoms with van der Waals surface area (Å²) >= 11 is 3.42. The van der Waals surface area contributed by atoms with E-state index in [0.717, 1.165) is 40.4 Å². The molecule has 0 aliphatic heterocycles. The number of halogens is 1. The van der Waals surface area contributed by atoms with Gasteiger partial charge in [-0.25, -0.2) is 9.97 Å². The van der Waals surface area contributed by atoms with Gasteiger partial charge < -0.3 is 10.1 Å². The lowest BCUT2D eigenvalue weighted by atomic mass is 10.2. The molecule has 1 aromatic heterocycles. The van der Waals surface area contributed by atoms with E-state index in [1.807, 2.05) is 24.3 Å². The summed E-state index contributed by atoms with van der Waals surface area (Å²) in [6.45, 7) is 2.82. The van der Waals surface area contributed by atoms with Gasteiger partial charge in [0.1, 0.15) is 22.0 Å². The standard InChI is InChI=1S/C15H18BrN3O/c1-3-5-14-18-13(16)9-15(19-14)17-10-11-6-4-7-12(8-11)20-2/h4,6-9H,3,5,10H2,1-2H3,(H,17,18,19). The van der Waals surface area contributed by atoms with Crippen LogP contribution in [-0.4, -0.2) is 17.1 Å². The van der Waals surface area contributed by atoms with Gasteiger partial charge in [0.2, 0.25) is 0 Å². The Morgan fingerprint density at radius 2 is 2.10 bits per heavy atom. The van der Waals surface area contributed by atoms with E-state index in [9.17, 15) is 0 Å². The molecule has 0 aliphatic rings. The number of nitrogens with zero attached hydrogens (tertiary/aromatic N) is 2. The van der Waals surface area contributed by atoms with E-state index in [1.54, 1.807) is 7.11 Å². The molecule has 0 amide bonds. The number of rotatable bonds is 6. The predicted octanol–water partition coefficient (Wildman–Crippen LogP) is 3.81. The number of hydrogen-bond donors (Lipinski definition) is 1. The quantitative estimate of drug-likeness (QED) is 0.815. The molecule has 0 bridgehead atoms. The molecule has 0 atom stereocenters. The maximum absolute atomic E-state index is 5.22. The van der Waals surface area contributed by atoms with Gasteiger partial charge in [-0.05, 0) is 40.0 Å². The normalized spacial score (nSPS) is 10.3. The molecule has 0 fully saturated rings. The molecule has 4 nitrogen and oxygen atoms in total. The number of methoxy groups -OCH3 is 1. The van der Waals surface area contributed by atoms with Crippen LogP contribution >= 0.6 is 15.9 Å². The number of aryl methyl sites for hydroxylation is 1. The molecule has 0 unspecified atom stereocenters. The van der Waals surface area contributed by atoms with Crippen molar-refractivity contribution in [3.05, 3.63) is 46.3 Å². The minimum atomic E-state index is 0.701. The molecular weight excluding hydrogens is 318 g/mol. The molecule has 1 heterocycles. The zero-order chi connectivity index (χ0) is 14.4. The zero-order valence-electron chi connectivity index (χ0n) is 11.7. The first-order valence-electron chi connectivity index (χ1n) is 6.61. The summed E-state index contributed by atoms with van der Waals surface area (Å²) in [5.41, 5.74) is 1.15. The van der Waals surface area contributed by atoms with Crippen LogP contribution in [0.1, 0.15) is 24.7 Å². The van der Waals surface area contributed by atoms with Crippen LogP contribution in [0.15, 0.2) is 34.9 Å². The van der Waals surface area contributed by atoms with Gasteiger partial charge >= 0.3 is 0 Å². The van der Waals surface area contributed by atoms with Crippen molar-refractivity contribution in [3.8, 4) is 5.75 Å². The fraction of sp³-hybridized carbons (Fsp3) is 0.333. The molecule has 0 spiro atoms. The molecule has 0 saturated carbocycles. The first kappa shape index (κ1) is 14.8. The van der Waals surface area contributed by atoms with Gasteiger partial charge in [-0.15, -0.1) is 0 Å². The minimum Gasteiger partial charge on any atom is -0.497 e. The Morgan fingerprint density at radius 1 is 1.25 bits per heavy atom. The molecule has 1 N–H and O–H groups in total. The number of ether oxygens (including phenoxy) is 1. The zero-order valence-corrected chi connectivity index (χ0v) is 13.3. The Labute approximate surface area is 127 Å². The lowest BCUT2D eigenvalue weighted by Crippen LogP contribution is -2.05. The lowest BCUT2D eigenvalue weighted by molar-refractivity contribution is 0.414. The highest BCUT2D eigenvalue weighted by Crippen LogP contribution is 2.16. The Balaban J connectivity index is 2.06. The van der Waals surface area contributed by atoms with Crippen molar-refractivity contribution in [2.75, 3.05) is 12.4 Å². The van der Waals surface area contributed by atoms with Gasteiger partial charge in [0.05, 0.1) is 7.11 Å². The van der Waals surface area contributed by atoms with Crippen LogP contribution in [0.4, 0.5) is 5.82 Å². The van der Waals surface area contributed by atoms with Crippen molar-refractivity contribution >= 4 is 21.7 Å². The van der Waals surface area contributed by atoms with Gasteiger partial charge in [0.25, 0.3) is 0 Å². The highest BCUT2D eigenvalue weighted by atomic mass is 79.9. The summed E-state index contributed by atoms with van der Waals surface area (Å²) in [6.07, 6.45) is 1.92. The first-order chi connectivity index (χ1) is 9.71. The van der Waals surface area contributed by atoms with Gasteiger partial charge in [-0.1, -0.05) is 19.1 Å². The number of benzene rings is 1. The lowest BCUT2D eigenvalue weighted by Gasteiger charge is -2.09. The van der Waals surface area contributed by atoms with Crippen molar-refractivity contribution in [1.29, 1.82) is 0 Å². The average Bonchev–Trinajstić information content (AvgIpc) is 2.45. The third kappa shape index (κ3) is 4.20. The van der Waals surface area contributed by atoms with Crippen LogP contribution in [0.25, 0.3) is 0 Å². The number of hydrogen-bond acceptors (Lipinski definition) is 4. The average molecular weight is 336 g/mol. The Kier molecular flexibility index (Phi) is 5.35. The topological polar surface area (TPSA) is 47.0 Å². The molecule has 1 aromatic carbocycles. The Morgan fingerprint density at radius 3 is 2.85 bits per heavy atom. The largest absolute Gasteiger partial charge is 0.497 e. The highest BCUT2D eigenvalue weighted by molar-refractivity contribution is 9.10. The van der Waals surface area contributed by atoms with E-state index < -0.39 is 0 Å². The number of aromatic nitrogens is 2. The number of anilines is 1. The van der Waals surface area contributed by atoms with E-state index >= 15 is 0 Å². The van der Waals surface area contributed by atoms with Crippen LogP contribution in [0.2, 0.25) is 0 Å². The Bertz CT molecular complexity index is 575. The predicted molar refractivity (Wildman–Crippen MR) is 84.0 cm³/mol. The van der Waals surface area contributed by atoms with E-state index in [1.165, 1.54) is 0 Å². The molecule has 0 aliphatic carbocycles. The van der Waals surface area contributed by atoms with Gasteiger partial charge in [0, 0.05) is 19.0 Å². The SMILES string of the molecule is CCCc1nc(Br)cc(NCc2cccc(OC)c2)n1. The second-order valence-corrected chi connectivity index (χ2v) is 5.26. The summed E-state index contributed by atoms with van der Waals surface area (Å²) in [7, 11) is 1.67. The van der Waals surface area contributed by atoms with E-state index in [4.69, 9.17) is 4.74 Å². The van der Waals surface area contributed by atoms with Crippen molar-refractivity contribution in [3.63, 3.8) is 0 Å². The van der Waals surface area contributed by atoms with Crippen molar-refractivity contribution in [2.45, 2.75) is 26.3 Å². The van der Waals surface area contributed by atoms with Crippen LogP contribution < -0.4 is 10.1 Å². The molecule has 0 radical (unpaired) electrons. The van der Waals surface area contributed by atoms with Crippen molar-refractivity contribution < 1.29 is 4.74 Å². The third-order valence-electron chi connectivity index (χ3n) is 2.82. The van der Waals surface area contributed by atoms with E-state index in [-0.39, 0.29) is 0 Å². The minimum absolute atomic E-state index is 0.701. The van der Waals surface area contributed by atoms with Crippen LogP contribution in [0, 0.1) is 0 Å². The first-order valence-corrected chi connectivity index (χ1v) is 7.41. The fourth-order valence-corrected chi connectivity index (χ4v) is 2.29. The highest BCUT2D eigenvalue weighted by Gasteiger charge is 2.03. The summed E-state index contributed by atoms with van der Waals surface area (Å²) in [5.74, 6) is 2.55. The molecule has 2 aromatic rings. The van der Waals surface area contributed by atoms with Gasteiger partial charge in [0.15, 0.2) is 0 Å². The summed E-state index contributed by atoms with van der Waals surface area (Å²) in [6, 6.07) is 9.87. The summed E-state index contributed by atoms with van der Waals surface area (Å²) < 4.78 is 6.03. The molecule has 20 heavy (non-hydrogen) atoms. The summed E-state index contributed by atoms with van der Waals surface area (Å²) in [5, 5.41) is 3.32. The monoisotopic (exact) mass is 335 g/mol. The molecular formula is C15H18BrN3O. The van der Waals surface area contributed by atoms with Crippen LogP contribution in [-0.2, 0) is 13.0 Å². The van der Waals surface area contributed by atoms with Gasteiger partial charge in [-0.3, -0.25) is 0 Å². The van der Waals surface area contributed by atoms with E-state index in [2.05, 4.69) is 44.2 Å². The summed E-state index contributed by atoms with van der Waals surface area (Å²) in [4.78, 5) is 8.85. The van der Waals surface area contributed by atoms with Crippen molar-refractivity contribution in [2.24, 2.45) is 0 Å². The van der Waals surface area contributed by atoms with Crippen molar-refractivity contribution in [1.82, 2.24) is 9.97 Å². The molecule has 5 heteroatoms. The number of nitrogens with one attached hydrogen (secondary N) is 1. The fourth-order valence-electron chi connectivity index (χ4n) is 1.87. The van der Waals surface area contributed by atoms with Gasteiger partial charge in [-0.2, -0.15) is 0 Å². The second-order valence-electron chi connectivity index (χ2n) is 4.45. The van der Waals surface area contributed by atoms with Crippen LogP contribution in [0.5, 0.6) is 5.75 Å².